The first-order valence-corrected chi connectivity index (χ1v) is 15.6. The molecule has 0 atom stereocenters. The van der Waals surface area contributed by atoms with E-state index in [-0.39, 0.29) is 0 Å². The second-order valence-electron chi connectivity index (χ2n) is 11.5. The molecule has 0 unspecified atom stereocenters. The predicted octanol–water partition coefficient (Wildman–Crippen LogP) is 10.7. The summed E-state index contributed by atoms with van der Waals surface area (Å²) in [5, 5.41) is 4.50. The van der Waals surface area contributed by atoms with Crippen molar-refractivity contribution in [3.63, 3.8) is 0 Å². The zero-order valence-electron chi connectivity index (χ0n) is 25.2. The number of hydrogen-bond donors (Lipinski definition) is 0. The summed E-state index contributed by atoms with van der Waals surface area (Å²) < 4.78 is 6.16. The van der Waals surface area contributed by atoms with Crippen molar-refractivity contribution in [3.05, 3.63) is 158 Å². The maximum absolute atomic E-state index is 6.16. The zero-order valence-corrected chi connectivity index (χ0v) is 25.2. The van der Waals surface area contributed by atoms with E-state index in [0.717, 1.165) is 66.3 Å². The Kier molecular flexibility index (Phi) is 6.39. The van der Waals surface area contributed by atoms with E-state index in [1.54, 1.807) is 6.20 Å². The van der Waals surface area contributed by atoms with Gasteiger partial charge in [-0.1, -0.05) is 140 Å². The van der Waals surface area contributed by atoms with Crippen molar-refractivity contribution in [1.29, 1.82) is 0 Å². The van der Waals surface area contributed by atoms with E-state index in [9.17, 15) is 0 Å². The summed E-state index contributed by atoms with van der Waals surface area (Å²) in [6.45, 7) is 0. The van der Waals surface area contributed by atoms with Crippen molar-refractivity contribution in [1.82, 2.24) is 19.9 Å². The van der Waals surface area contributed by atoms with E-state index in [4.69, 9.17) is 19.4 Å². The van der Waals surface area contributed by atoms with E-state index in [1.165, 1.54) is 5.39 Å². The molecule has 220 valence electrons. The lowest BCUT2D eigenvalue weighted by molar-refractivity contribution is 0.667. The molecule has 5 heteroatoms. The lowest BCUT2D eigenvalue weighted by atomic mass is 9.91. The number of benzene rings is 6. The molecule has 3 heterocycles. The highest BCUT2D eigenvalue weighted by atomic mass is 16.3. The number of hydrogen-bond acceptors (Lipinski definition) is 5. The summed E-state index contributed by atoms with van der Waals surface area (Å²) in [6, 6.07) is 49.7. The van der Waals surface area contributed by atoms with E-state index >= 15 is 0 Å². The maximum atomic E-state index is 6.16. The summed E-state index contributed by atoms with van der Waals surface area (Å²) >= 11 is 0. The van der Waals surface area contributed by atoms with Crippen LogP contribution in [0.4, 0.5) is 0 Å². The zero-order chi connectivity index (χ0) is 31.2. The maximum Gasteiger partial charge on any atom is 0.164 e. The molecular formula is C42H26N4O. The van der Waals surface area contributed by atoms with Crippen molar-refractivity contribution in [3.8, 4) is 56.4 Å². The highest BCUT2D eigenvalue weighted by molar-refractivity contribution is 6.16. The average Bonchev–Trinajstić information content (AvgIpc) is 3.54. The van der Waals surface area contributed by atoms with Gasteiger partial charge >= 0.3 is 0 Å². The molecule has 0 aliphatic rings. The van der Waals surface area contributed by atoms with Gasteiger partial charge in [0.2, 0.25) is 0 Å². The summed E-state index contributed by atoms with van der Waals surface area (Å²) in [4.78, 5) is 19.2. The van der Waals surface area contributed by atoms with Crippen molar-refractivity contribution in [2.75, 3.05) is 0 Å². The third kappa shape index (κ3) is 4.73. The molecule has 9 aromatic rings. The van der Waals surface area contributed by atoms with Crippen LogP contribution >= 0.6 is 0 Å². The number of furan rings is 1. The van der Waals surface area contributed by atoms with Crippen LogP contribution in [0, 0.1) is 0 Å². The van der Waals surface area contributed by atoms with Crippen LogP contribution in [0.5, 0.6) is 0 Å². The number of rotatable bonds is 5. The molecule has 5 nitrogen and oxygen atoms in total. The molecule has 0 saturated heterocycles. The van der Waals surface area contributed by atoms with Crippen LogP contribution < -0.4 is 0 Å². The van der Waals surface area contributed by atoms with Crippen molar-refractivity contribution >= 4 is 32.7 Å². The fourth-order valence-corrected chi connectivity index (χ4v) is 6.40. The number of fused-ring (bicyclic) bond motifs is 4. The van der Waals surface area contributed by atoms with Gasteiger partial charge in [0.05, 0.1) is 6.20 Å². The summed E-state index contributed by atoms with van der Waals surface area (Å²) in [5.74, 6) is 1.93. The molecule has 0 saturated carbocycles. The first kappa shape index (κ1) is 26.9. The van der Waals surface area contributed by atoms with Crippen LogP contribution in [0.3, 0.4) is 0 Å². The van der Waals surface area contributed by atoms with Crippen LogP contribution in [-0.4, -0.2) is 19.9 Å². The van der Waals surface area contributed by atoms with Gasteiger partial charge in [0.15, 0.2) is 23.1 Å². The fourth-order valence-electron chi connectivity index (χ4n) is 6.40. The molecule has 0 bridgehead atoms. The summed E-state index contributed by atoms with van der Waals surface area (Å²) in [6.07, 6.45) is 3.75. The molecule has 0 N–H and O–H groups in total. The highest BCUT2D eigenvalue weighted by Crippen LogP contribution is 2.41. The lowest BCUT2D eigenvalue weighted by Gasteiger charge is -2.13. The average molecular weight is 603 g/mol. The Labute approximate surface area is 270 Å². The van der Waals surface area contributed by atoms with Gasteiger partial charge < -0.3 is 4.42 Å². The van der Waals surface area contributed by atoms with E-state index in [0.29, 0.717) is 17.5 Å². The van der Waals surface area contributed by atoms with Crippen molar-refractivity contribution in [2.24, 2.45) is 0 Å². The van der Waals surface area contributed by atoms with Crippen LogP contribution in [0.15, 0.2) is 162 Å². The third-order valence-corrected chi connectivity index (χ3v) is 8.66. The van der Waals surface area contributed by atoms with Gasteiger partial charge in [-0.2, -0.15) is 0 Å². The molecule has 0 aliphatic carbocycles. The largest absolute Gasteiger partial charge is 0.454 e. The minimum absolute atomic E-state index is 0.636. The summed E-state index contributed by atoms with van der Waals surface area (Å²) in [5.41, 5.74) is 8.93. The highest BCUT2D eigenvalue weighted by Gasteiger charge is 2.17. The standard InChI is InChI=1S/C42H26N4O/c1-3-11-28(12-4-1)40-44-41(29-13-5-2-6-14-29)46-42(45-40)30-21-19-27(20-22-30)31-23-24-34(33-16-8-7-15-32(31)33)36-25-43-26-38-39(36)35-17-9-10-18-37(35)47-38/h1-26H. The lowest BCUT2D eigenvalue weighted by Crippen LogP contribution is -2.00. The Balaban J connectivity index is 1.15. The van der Waals surface area contributed by atoms with E-state index < -0.39 is 0 Å². The predicted molar refractivity (Wildman–Crippen MR) is 190 cm³/mol. The monoisotopic (exact) mass is 602 g/mol. The number of pyridine rings is 1. The van der Waals surface area contributed by atoms with Gasteiger partial charge in [0.25, 0.3) is 0 Å². The SMILES string of the molecule is c1ccc(-c2nc(-c3ccccc3)nc(-c3ccc(-c4ccc(-c5cncc6oc7ccccc7c56)c5ccccc45)cc3)n2)cc1. The molecule has 0 fully saturated rings. The van der Waals surface area contributed by atoms with Crippen LogP contribution in [0.1, 0.15) is 0 Å². The van der Waals surface area contributed by atoms with Gasteiger partial charge in [-0.15, -0.1) is 0 Å². The van der Waals surface area contributed by atoms with E-state index in [2.05, 4.69) is 71.7 Å². The van der Waals surface area contributed by atoms with Gasteiger partial charge in [0, 0.05) is 39.2 Å². The Morgan fingerprint density at radius 1 is 0.340 bits per heavy atom. The molecule has 6 aromatic carbocycles. The number of para-hydroxylation sites is 1. The molecule has 0 spiro atoms. The fraction of sp³-hybridized carbons (Fsp3) is 0. The smallest absolute Gasteiger partial charge is 0.164 e. The minimum atomic E-state index is 0.636. The van der Waals surface area contributed by atoms with Crippen LogP contribution in [-0.2, 0) is 0 Å². The molecule has 0 amide bonds. The van der Waals surface area contributed by atoms with Crippen LogP contribution in [0.25, 0.3) is 89.1 Å². The molecule has 0 aliphatic heterocycles. The number of nitrogens with zero attached hydrogens (tertiary/aromatic N) is 4. The Bertz CT molecular complexity index is 2500. The molecular weight excluding hydrogens is 576 g/mol. The summed E-state index contributed by atoms with van der Waals surface area (Å²) in [7, 11) is 0. The quantitative estimate of drug-likeness (QED) is 0.196. The number of aromatic nitrogens is 4. The molecule has 9 rings (SSSR count). The van der Waals surface area contributed by atoms with Crippen molar-refractivity contribution < 1.29 is 4.42 Å². The molecule has 3 aromatic heterocycles. The topological polar surface area (TPSA) is 64.7 Å². The van der Waals surface area contributed by atoms with E-state index in [1.807, 2.05) is 85.1 Å². The van der Waals surface area contributed by atoms with Gasteiger partial charge in [-0.3, -0.25) is 4.98 Å². The molecule has 0 radical (unpaired) electrons. The first-order valence-electron chi connectivity index (χ1n) is 15.6. The van der Waals surface area contributed by atoms with Gasteiger partial charge in [0.1, 0.15) is 5.58 Å². The second kappa shape index (κ2) is 11.2. The van der Waals surface area contributed by atoms with Crippen molar-refractivity contribution in [2.45, 2.75) is 0 Å². The Morgan fingerprint density at radius 3 is 1.47 bits per heavy atom. The Hall–Kier alpha value is -6.46. The first-order chi connectivity index (χ1) is 23.3. The van der Waals surface area contributed by atoms with Crippen LogP contribution in [0.2, 0.25) is 0 Å². The normalized spacial score (nSPS) is 11.4. The van der Waals surface area contributed by atoms with Gasteiger partial charge in [-0.05, 0) is 33.5 Å². The van der Waals surface area contributed by atoms with Gasteiger partial charge in [-0.25, -0.2) is 15.0 Å². The third-order valence-electron chi connectivity index (χ3n) is 8.66. The second-order valence-corrected chi connectivity index (χ2v) is 11.5. The Morgan fingerprint density at radius 2 is 0.830 bits per heavy atom. The molecule has 47 heavy (non-hydrogen) atoms. The minimum Gasteiger partial charge on any atom is -0.454 e.